The van der Waals surface area contributed by atoms with Crippen molar-refractivity contribution in [3.05, 3.63) is 59.1 Å². The first-order valence-corrected chi connectivity index (χ1v) is 7.63. The Balaban J connectivity index is 1.69. The molecule has 1 aliphatic rings. The summed E-state index contributed by atoms with van der Waals surface area (Å²) in [6.45, 7) is 0.200. The number of carbonyl (C=O) groups excluding carboxylic acids is 2. The number of benzene rings is 2. The maximum atomic E-state index is 13.1. The van der Waals surface area contributed by atoms with Crippen LogP contribution in [0.15, 0.2) is 42.5 Å². The number of hydrogen-bond donors (Lipinski definition) is 1. The average Bonchev–Trinajstić information content (AvgIpc) is 2.94. The van der Waals surface area contributed by atoms with Crippen molar-refractivity contribution in [2.24, 2.45) is 5.92 Å². The lowest BCUT2D eigenvalue weighted by Gasteiger charge is -2.16. The van der Waals surface area contributed by atoms with Crippen LogP contribution in [-0.2, 0) is 9.59 Å². The molecule has 24 heavy (non-hydrogen) atoms. The summed E-state index contributed by atoms with van der Waals surface area (Å²) in [5.74, 6) is -2.08. The van der Waals surface area contributed by atoms with Crippen LogP contribution >= 0.6 is 11.6 Å². The van der Waals surface area contributed by atoms with Crippen LogP contribution in [0, 0.1) is 17.6 Å². The van der Waals surface area contributed by atoms with E-state index in [-0.39, 0.29) is 29.8 Å². The van der Waals surface area contributed by atoms with Crippen LogP contribution in [-0.4, -0.2) is 18.4 Å². The highest BCUT2D eigenvalue weighted by Crippen LogP contribution is 2.27. The molecule has 0 unspecified atom stereocenters. The molecule has 0 radical (unpaired) electrons. The van der Waals surface area contributed by atoms with Gasteiger partial charge >= 0.3 is 0 Å². The molecule has 0 bridgehead atoms. The van der Waals surface area contributed by atoms with Crippen LogP contribution in [0.5, 0.6) is 0 Å². The molecule has 2 aromatic carbocycles. The Morgan fingerprint density at radius 3 is 2.54 bits per heavy atom. The van der Waals surface area contributed by atoms with Crippen molar-refractivity contribution in [2.45, 2.75) is 6.42 Å². The molecule has 124 valence electrons. The minimum absolute atomic E-state index is 0.0537. The van der Waals surface area contributed by atoms with E-state index in [9.17, 15) is 18.4 Å². The lowest BCUT2D eigenvalue weighted by molar-refractivity contribution is -0.122. The summed E-state index contributed by atoms with van der Waals surface area (Å²) in [6, 6.07) is 9.37. The Morgan fingerprint density at radius 2 is 1.88 bits per heavy atom. The summed E-state index contributed by atoms with van der Waals surface area (Å²) < 4.78 is 26.1. The highest BCUT2D eigenvalue weighted by atomic mass is 35.5. The van der Waals surface area contributed by atoms with E-state index in [1.807, 2.05) is 0 Å². The quantitative estimate of drug-likeness (QED) is 0.919. The molecule has 1 saturated heterocycles. The first-order chi connectivity index (χ1) is 11.4. The molecule has 0 saturated carbocycles. The van der Waals surface area contributed by atoms with Crippen LogP contribution in [0.3, 0.4) is 0 Å². The van der Waals surface area contributed by atoms with Crippen molar-refractivity contribution in [3.8, 4) is 0 Å². The van der Waals surface area contributed by atoms with E-state index < -0.39 is 17.6 Å². The fourth-order valence-corrected chi connectivity index (χ4v) is 2.75. The molecule has 1 heterocycles. The van der Waals surface area contributed by atoms with E-state index in [4.69, 9.17) is 11.6 Å². The molecule has 0 aromatic heterocycles. The van der Waals surface area contributed by atoms with Crippen LogP contribution in [0.25, 0.3) is 0 Å². The second kappa shape index (κ2) is 6.57. The second-order valence-electron chi connectivity index (χ2n) is 5.50. The third-order valence-electron chi connectivity index (χ3n) is 3.82. The van der Waals surface area contributed by atoms with Crippen LogP contribution in [0.2, 0.25) is 5.02 Å². The van der Waals surface area contributed by atoms with Gasteiger partial charge in [0.15, 0.2) is 0 Å². The maximum Gasteiger partial charge on any atom is 0.229 e. The number of carbonyl (C=O) groups is 2. The molecular formula is C17H13ClF2N2O2. The lowest BCUT2D eigenvalue weighted by atomic mass is 10.1. The minimum atomic E-state index is -0.576. The topological polar surface area (TPSA) is 49.4 Å². The number of hydrogen-bond acceptors (Lipinski definition) is 2. The molecule has 1 N–H and O–H groups in total. The van der Waals surface area contributed by atoms with Gasteiger partial charge in [-0.25, -0.2) is 8.78 Å². The zero-order valence-corrected chi connectivity index (χ0v) is 13.2. The summed E-state index contributed by atoms with van der Waals surface area (Å²) in [7, 11) is 0. The normalized spacial score (nSPS) is 17.2. The Hall–Kier alpha value is -2.47. The van der Waals surface area contributed by atoms with Crippen LogP contribution in [0.1, 0.15) is 6.42 Å². The van der Waals surface area contributed by atoms with Crippen molar-refractivity contribution >= 4 is 34.8 Å². The number of nitrogens with one attached hydrogen (secondary N) is 1. The highest BCUT2D eigenvalue weighted by molar-refractivity contribution is 6.31. The fraction of sp³-hybridized carbons (Fsp3) is 0.176. The van der Waals surface area contributed by atoms with E-state index >= 15 is 0 Å². The molecule has 0 aliphatic carbocycles. The number of amides is 2. The van der Waals surface area contributed by atoms with Crippen molar-refractivity contribution in [1.82, 2.24) is 0 Å². The van der Waals surface area contributed by atoms with E-state index in [0.717, 1.165) is 6.07 Å². The van der Waals surface area contributed by atoms with Crippen LogP contribution < -0.4 is 10.2 Å². The first-order valence-electron chi connectivity index (χ1n) is 7.26. The van der Waals surface area contributed by atoms with Gasteiger partial charge in [0, 0.05) is 24.3 Å². The largest absolute Gasteiger partial charge is 0.326 e. The summed E-state index contributed by atoms with van der Waals surface area (Å²) in [5, 5.41) is 2.53. The van der Waals surface area contributed by atoms with Gasteiger partial charge < -0.3 is 10.2 Å². The Kier molecular flexibility index (Phi) is 4.49. The summed E-state index contributed by atoms with van der Waals surface area (Å²) >= 11 is 5.68. The van der Waals surface area contributed by atoms with Gasteiger partial charge in [0.2, 0.25) is 11.8 Å². The molecule has 1 fully saturated rings. The maximum absolute atomic E-state index is 13.1. The Labute approximate surface area is 142 Å². The van der Waals surface area contributed by atoms with Crippen molar-refractivity contribution in [3.63, 3.8) is 0 Å². The van der Waals surface area contributed by atoms with E-state index in [2.05, 4.69) is 5.32 Å². The number of rotatable bonds is 3. The van der Waals surface area contributed by atoms with E-state index in [1.54, 1.807) is 0 Å². The van der Waals surface area contributed by atoms with Gasteiger partial charge in [-0.3, -0.25) is 9.59 Å². The second-order valence-corrected chi connectivity index (χ2v) is 5.91. The van der Waals surface area contributed by atoms with E-state index in [1.165, 1.54) is 41.3 Å². The average molecular weight is 351 g/mol. The molecule has 3 rings (SSSR count). The third kappa shape index (κ3) is 3.38. The highest BCUT2D eigenvalue weighted by Gasteiger charge is 2.35. The van der Waals surface area contributed by atoms with Crippen LogP contribution in [0.4, 0.5) is 20.2 Å². The Bertz CT molecular complexity index is 796. The molecular weight excluding hydrogens is 338 g/mol. The number of anilines is 2. The standard InChI is InChI=1S/C17H13ClF2N2O2/c18-14-8-12(3-6-15(14)20)21-17(24)10-7-16(23)22(9-10)13-4-1-11(19)2-5-13/h1-6,8,10H,7,9H2,(H,21,24)/t10-/m1/s1. The van der Waals surface area contributed by atoms with Gasteiger partial charge in [0.1, 0.15) is 11.6 Å². The zero-order valence-electron chi connectivity index (χ0n) is 12.4. The van der Waals surface area contributed by atoms with Crippen molar-refractivity contribution in [1.29, 1.82) is 0 Å². The summed E-state index contributed by atoms with van der Waals surface area (Å²) in [6.07, 6.45) is 0.0537. The predicted molar refractivity (Wildman–Crippen MR) is 86.9 cm³/mol. The predicted octanol–water partition coefficient (Wildman–Crippen LogP) is 3.61. The Morgan fingerprint density at radius 1 is 1.17 bits per heavy atom. The van der Waals surface area contributed by atoms with Gasteiger partial charge in [-0.15, -0.1) is 0 Å². The van der Waals surface area contributed by atoms with Gasteiger partial charge in [-0.1, -0.05) is 11.6 Å². The molecule has 2 amide bonds. The molecule has 0 spiro atoms. The zero-order chi connectivity index (χ0) is 17.3. The van der Waals surface area contributed by atoms with Crippen molar-refractivity contribution in [2.75, 3.05) is 16.8 Å². The SMILES string of the molecule is O=C(Nc1ccc(F)c(Cl)c1)[C@@H]1CC(=O)N(c2ccc(F)cc2)C1. The summed E-state index contributed by atoms with van der Waals surface area (Å²) in [5.41, 5.74) is 0.903. The molecule has 1 aliphatic heterocycles. The third-order valence-corrected chi connectivity index (χ3v) is 4.11. The molecule has 2 aromatic rings. The molecule has 4 nitrogen and oxygen atoms in total. The van der Waals surface area contributed by atoms with Crippen molar-refractivity contribution < 1.29 is 18.4 Å². The van der Waals surface area contributed by atoms with Gasteiger partial charge in [0.05, 0.1) is 10.9 Å². The van der Waals surface area contributed by atoms with Gasteiger partial charge in [-0.2, -0.15) is 0 Å². The smallest absolute Gasteiger partial charge is 0.229 e. The lowest BCUT2D eigenvalue weighted by Crippen LogP contribution is -2.28. The fourth-order valence-electron chi connectivity index (χ4n) is 2.57. The van der Waals surface area contributed by atoms with E-state index in [0.29, 0.717) is 11.4 Å². The number of halogens is 3. The monoisotopic (exact) mass is 350 g/mol. The molecule has 1 atom stereocenters. The van der Waals surface area contributed by atoms with Gasteiger partial charge in [0.25, 0.3) is 0 Å². The summed E-state index contributed by atoms with van der Waals surface area (Å²) in [4.78, 5) is 25.9. The number of nitrogens with zero attached hydrogens (tertiary/aromatic N) is 1. The molecule has 7 heteroatoms. The van der Waals surface area contributed by atoms with Gasteiger partial charge in [-0.05, 0) is 42.5 Å². The first kappa shape index (κ1) is 16.4. The minimum Gasteiger partial charge on any atom is -0.326 e.